The molecule has 0 saturated carbocycles. The van der Waals surface area contributed by atoms with Crippen molar-refractivity contribution in [2.75, 3.05) is 13.1 Å². The number of rotatable bonds is 7. The lowest BCUT2D eigenvalue weighted by Gasteiger charge is -2.01. The van der Waals surface area contributed by atoms with Gasteiger partial charge in [-0.05, 0) is 12.0 Å². The standard InChI is InChI=1S/C8H16N4O/c1-2-3-4-5-6-10-8(13)7-11-12-9/h2-7H2,1H3,(H,10,13). The molecule has 0 bridgehead atoms. The largest absolute Gasteiger partial charge is 0.356 e. The van der Waals surface area contributed by atoms with Gasteiger partial charge in [-0.2, -0.15) is 0 Å². The summed E-state index contributed by atoms with van der Waals surface area (Å²) in [5.41, 5.74) is 7.94. The van der Waals surface area contributed by atoms with Crippen molar-refractivity contribution in [3.8, 4) is 0 Å². The summed E-state index contributed by atoms with van der Waals surface area (Å²) >= 11 is 0. The third-order valence-electron chi connectivity index (χ3n) is 1.63. The Hall–Kier alpha value is -1.22. The summed E-state index contributed by atoms with van der Waals surface area (Å²) in [7, 11) is 0. The number of hydrogen-bond donors (Lipinski definition) is 1. The van der Waals surface area contributed by atoms with Crippen molar-refractivity contribution >= 4 is 5.91 Å². The highest BCUT2D eigenvalue weighted by Gasteiger charge is 1.96. The molecule has 5 heteroatoms. The molecule has 0 spiro atoms. The maximum atomic E-state index is 10.9. The number of azide groups is 1. The van der Waals surface area contributed by atoms with Crippen LogP contribution in [0.25, 0.3) is 10.4 Å². The molecular formula is C8H16N4O. The third-order valence-corrected chi connectivity index (χ3v) is 1.63. The van der Waals surface area contributed by atoms with Crippen LogP contribution >= 0.6 is 0 Å². The SMILES string of the molecule is CCCCCCNC(=O)CN=[N+]=[N-]. The van der Waals surface area contributed by atoms with Gasteiger partial charge < -0.3 is 5.32 Å². The topological polar surface area (TPSA) is 77.9 Å². The van der Waals surface area contributed by atoms with Crippen LogP contribution in [0.15, 0.2) is 5.11 Å². The highest BCUT2D eigenvalue weighted by molar-refractivity contribution is 5.77. The van der Waals surface area contributed by atoms with Gasteiger partial charge in [0, 0.05) is 11.5 Å². The predicted octanol–water partition coefficient (Wildman–Crippen LogP) is 1.99. The summed E-state index contributed by atoms with van der Waals surface area (Å²) in [4.78, 5) is 13.4. The van der Waals surface area contributed by atoms with Crippen molar-refractivity contribution in [1.29, 1.82) is 0 Å². The number of hydrogen-bond acceptors (Lipinski definition) is 2. The molecule has 1 N–H and O–H groups in total. The molecule has 0 aromatic heterocycles. The molecule has 74 valence electrons. The highest BCUT2D eigenvalue weighted by Crippen LogP contribution is 1.96. The van der Waals surface area contributed by atoms with E-state index < -0.39 is 0 Å². The Balaban J connectivity index is 3.21. The fourth-order valence-corrected chi connectivity index (χ4v) is 0.931. The van der Waals surface area contributed by atoms with E-state index >= 15 is 0 Å². The molecule has 0 fully saturated rings. The summed E-state index contributed by atoms with van der Waals surface area (Å²) in [6.07, 6.45) is 4.52. The van der Waals surface area contributed by atoms with Gasteiger partial charge in [-0.15, -0.1) is 0 Å². The van der Waals surface area contributed by atoms with Crippen LogP contribution in [0.5, 0.6) is 0 Å². The van der Waals surface area contributed by atoms with Gasteiger partial charge in [0.1, 0.15) is 6.54 Å². The summed E-state index contributed by atoms with van der Waals surface area (Å²) in [5, 5.41) is 5.83. The summed E-state index contributed by atoms with van der Waals surface area (Å²) in [5.74, 6) is -0.200. The first-order chi connectivity index (χ1) is 6.31. The molecule has 0 rings (SSSR count). The Labute approximate surface area is 78.1 Å². The fourth-order valence-electron chi connectivity index (χ4n) is 0.931. The smallest absolute Gasteiger partial charge is 0.225 e. The van der Waals surface area contributed by atoms with Crippen molar-refractivity contribution in [2.24, 2.45) is 5.11 Å². The molecule has 0 radical (unpaired) electrons. The van der Waals surface area contributed by atoms with Crippen LogP contribution < -0.4 is 5.32 Å². The van der Waals surface area contributed by atoms with Gasteiger partial charge in [-0.3, -0.25) is 4.79 Å². The van der Waals surface area contributed by atoms with Gasteiger partial charge in [-0.25, -0.2) is 0 Å². The minimum Gasteiger partial charge on any atom is -0.356 e. The minimum absolute atomic E-state index is 0.0930. The second-order valence-electron chi connectivity index (χ2n) is 2.80. The highest BCUT2D eigenvalue weighted by atomic mass is 16.1. The molecule has 0 aliphatic rings. The predicted molar refractivity (Wildman–Crippen MR) is 51.2 cm³/mol. The van der Waals surface area contributed by atoms with E-state index in [4.69, 9.17) is 5.53 Å². The van der Waals surface area contributed by atoms with Gasteiger partial charge in [0.05, 0.1) is 0 Å². The summed E-state index contributed by atoms with van der Waals surface area (Å²) < 4.78 is 0. The van der Waals surface area contributed by atoms with Crippen LogP contribution in [0.2, 0.25) is 0 Å². The van der Waals surface area contributed by atoms with Gasteiger partial charge in [0.2, 0.25) is 5.91 Å². The average molecular weight is 184 g/mol. The zero-order valence-electron chi connectivity index (χ0n) is 7.99. The van der Waals surface area contributed by atoms with Crippen molar-refractivity contribution in [3.05, 3.63) is 10.4 Å². The van der Waals surface area contributed by atoms with E-state index in [1.807, 2.05) is 0 Å². The molecular weight excluding hydrogens is 168 g/mol. The Kier molecular flexibility index (Phi) is 8.04. The maximum absolute atomic E-state index is 10.9. The molecule has 0 aromatic carbocycles. The van der Waals surface area contributed by atoms with Crippen molar-refractivity contribution in [2.45, 2.75) is 32.6 Å². The first-order valence-electron chi connectivity index (χ1n) is 4.58. The molecule has 0 atom stereocenters. The Morgan fingerprint density at radius 3 is 2.85 bits per heavy atom. The zero-order valence-corrected chi connectivity index (χ0v) is 7.99. The van der Waals surface area contributed by atoms with Crippen LogP contribution in [0.3, 0.4) is 0 Å². The number of carbonyl (C=O) groups is 1. The first-order valence-corrected chi connectivity index (χ1v) is 4.58. The third kappa shape index (κ3) is 8.69. The normalized spacial score (nSPS) is 9.00. The molecule has 0 aliphatic carbocycles. The van der Waals surface area contributed by atoms with E-state index in [2.05, 4.69) is 22.3 Å². The van der Waals surface area contributed by atoms with Gasteiger partial charge in [-0.1, -0.05) is 31.3 Å². The zero-order chi connectivity index (χ0) is 9.94. The molecule has 0 heterocycles. The van der Waals surface area contributed by atoms with Gasteiger partial charge in [0.15, 0.2) is 0 Å². The first kappa shape index (κ1) is 11.8. The maximum Gasteiger partial charge on any atom is 0.225 e. The molecule has 0 unspecified atom stereocenters. The summed E-state index contributed by atoms with van der Waals surface area (Å²) in [6, 6.07) is 0. The second kappa shape index (κ2) is 8.87. The lowest BCUT2D eigenvalue weighted by atomic mass is 10.2. The van der Waals surface area contributed by atoms with E-state index in [-0.39, 0.29) is 12.5 Å². The monoisotopic (exact) mass is 184 g/mol. The van der Waals surface area contributed by atoms with Crippen LogP contribution in [-0.4, -0.2) is 19.0 Å². The van der Waals surface area contributed by atoms with Crippen molar-refractivity contribution in [1.82, 2.24) is 5.32 Å². The van der Waals surface area contributed by atoms with Crippen LogP contribution in [-0.2, 0) is 4.79 Å². The second-order valence-corrected chi connectivity index (χ2v) is 2.80. The van der Waals surface area contributed by atoms with E-state index in [9.17, 15) is 4.79 Å². The van der Waals surface area contributed by atoms with Gasteiger partial charge >= 0.3 is 0 Å². The van der Waals surface area contributed by atoms with E-state index in [1.165, 1.54) is 12.8 Å². The Bertz CT molecular complexity index is 187. The van der Waals surface area contributed by atoms with Crippen LogP contribution in [0.1, 0.15) is 32.6 Å². The van der Waals surface area contributed by atoms with E-state index in [0.29, 0.717) is 6.54 Å². The average Bonchev–Trinajstić information content (AvgIpc) is 2.14. The Morgan fingerprint density at radius 1 is 1.46 bits per heavy atom. The molecule has 1 amide bonds. The lowest BCUT2D eigenvalue weighted by molar-refractivity contribution is -0.119. The van der Waals surface area contributed by atoms with Crippen LogP contribution in [0, 0.1) is 0 Å². The Morgan fingerprint density at radius 2 is 2.23 bits per heavy atom. The molecule has 0 aliphatic heterocycles. The number of amides is 1. The fraction of sp³-hybridized carbons (Fsp3) is 0.875. The van der Waals surface area contributed by atoms with Crippen molar-refractivity contribution in [3.63, 3.8) is 0 Å². The lowest BCUT2D eigenvalue weighted by Crippen LogP contribution is -2.26. The number of carbonyl (C=O) groups excluding carboxylic acids is 1. The van der Waals surface area contributed by atoms with Crippen molar-refractivity contribution < 1.29 is 4.79 Å². The minimum atomic E-state index is -0.200. The van der Waals surface area contributed by atoms with Crippen LogP contribution in [0.4, 0.5) is 0 Å². The molecule has 5 nitrogen and oxygen atoms in total. The number of nitrogens with zero attached hydrogens (tertiary/aromatic N) is 3. The molecule has 0 saturated heterocycles. The number of unbranched alkanes of at least 4 members (excludes halogenated alkanes) is 3. The van der Waals surface area contributed by atoms with E-state index in [1.54, 1.807) is 0 Å². The van der Waals surface area contributed by atoms with Gasteiger partial charge in [0.25, 0.3) is 0 Å². The molecule has 13 heavy (non-hydrogen) atoms. The number of nitrogens with one attached hydrogen (secondary N) is 1. The van der Waals surface area contributed by atoms with E-state index in [0.717, 1.165) is 12.8 Å². The molecule has 0 aromatic rings. The summed E-state index contributed by atoms with van der Waals surface area (Å²) in [6.45, 7) is 2.73. The quantitative estimate of drug-likeness (QED) is 0.279.